The van der Waals surface area contributed by atoms with E-state index in [9.17, 15) is 4.79 Å². The molecule has 0 spiro atoms. The van der Waals surface area contributed by atoms with E-state index in [0.717, 1.165) is 15.9 Å². The van der Waals surface area contributed by atoms with E-state index in [1.807, 2.05) is 12.1 Å². The normalized spacial score (nSPS) is 10.3. The summed E-state index contributed by atoms with van der Waals surface area (Å²) in [5, 5.41) is 2.45. The van der Waals surface area contributed by atoms with Gasteiger partial charge in [-0.3, -0.25) is 5.32 Å². The monoisotopic (exact) mass is 223 g/mol. The average Bonchev–Trinajstić information content (AvgIpc) is 2.59. The van der Waals surface area contributed by atoms with E-state index in [1.54, 1.807) is 6.07 Å². The quantitative estimate of drug-likeness (QED) is 0.648. The van der Waals surface area contributed by atoms with Gasteiger partial charge < -0.3 is 9.72 Å². The third-order valence-corrected chi connectivity index (χ3v) is 2.15. The second-order valence-corrected chi connectivity index (χ2v) is 3.42. The van der Waals surface area contributed by atoms with Crippen LogP contribution in [0.15, 0.2) is 23.1 Å². The first kappa shape index (κ1) is 9.85. The molecule has 0 bridgehead atoms. The summed E-state index contributed by atoms with van der Waals surface area (Å²) in [7, 11) is 1.30. The van der Waals surface area contributed by atoms with E-state index in [4.69, 9.17) is 0 Å². The van der Waals surface area contributed by atoms with Gasteiger partial charge in [0.2, 0.25) is 5.95 Å². The molecule has 1 aromatic heterocycles. The van der Waals surface area contributed by atoms with E-state index < -0.39 is 6.09 Å². The molecule has 15 heavy (non-hydrogen) atoms. The fourth-order valence-electron chi connectivity index (χ4n) is 1.20. The predicted molar refractivity (Wildman–Crippen MR) is 59.4 cm³/mol. The fourth-order valence-corrected chi connectivity index (χ4v) is 1.40. The lowest BCUT2D eigenvalue weighted by Gasteiger charge is -1.96. The zero-order valence-corrected chi connectivity index (χ0v) is 8.84. The maximum atomic E-state index is 10.9. The largest absolute Gasteiger partial charge is 0.453 e. The molecule has 0 saturated heterocycles. The number of carbonyl (C=O) groups excluding carboxylic acids is 1. The minimum atomic E-state index is -0.555. The number of fused-ring (bicyclic) bond motifs is 1. The Bertz CT molecular complexity index is 509. The maximum absolute atomic E-state index is 10.9. The van der Waals surface area contributed by atoms with Gasteiger partial charge in [0.15, 0.2) is 0 Å². The molecular formula is C9H9N3O2S. The number of amides is 1. The van der Waals surface area contributed by atoms with Crippen LogP contribution in [-0.4, -0.2) is 23.2 Å². The number of methoxy groups -OCH3 is 1. The number of carbonyl (C=O) groups is 1. The van der Waals surface area contributed by atoms with Gasteiger partial charge >= 0.3 is 6.09 Å². The lowest BCUT2D eigenvalue weighted by atomic mass is 10.3. The predicted octanol–water partition coefficient (Wildman–Crippen LogP) is 2.03. The van der Waals surface area contributed by atoms with Crippen molar-refractivity contribution in [2.75, 3.05) is 12.4 Å². The number of benzene rings is 1. The highest BCUT2D eigenvalue weighted by Gasteiger charge is 2.06. The third-order valence-electron chi connectivity index (χ3n) is 1.87. The summed E-state index contributed by atoms with van der Waals surface area (Å²) < 4.78 is 4.45. The van der Waals surface area contributed by atoms with Gasteiger partial charge in [0.25, 0.3) is 0 Å². The molecule has 0 atom stereocenters. The zero-order chi connectivity index (χ0) is 10.8. The summed E-state index contributed by atoms with van der Waals surface area (Å²) in [6.45, 7) is 0. The van der Waals surface area contributed by atoms with Gasteiger partial charge in [0.05, 0.1) is 18.1 Å². The molecule has 0 saturated carbocycles. The molecular weight excluding hydrogens is 214 g/mol. The number of aromatic amines is 1. The molecule has 2 aromatic rings. The SMILES string of the molecule is COC(=O)Nc1nc2cc(S)ccc2[nH]1. The summed E-state index contributed by atoms with van der Waals surface area (Å²) in [4.78, 5) is 18.8. The van der Waals surface area contributed by atoms with Crippen molar-refractivity contribution in [1.82, 2.24) is 9.97 Å². The number of hydrogen-bond donors (Lipinski definition) is 3. The zero-order valence-electron chi connectivity index (χ0n) is 7.94. The van der Waals surface area contributed by atoms with Crippen molar-refractivity contribution >= 4 is 35.7 Å². The summed E-state index contributed by atoms with van der Waals surface area (Å²) in [6.07, 6.45) is -0.555. The average molecular weight is 223 g/mol. The summed E-state index contributed by atoms with van der Waals surface area (Å²) in [5.41, 5.74) is 1.58. The summed E-state index contributed by atoms with van der Waals surface area (Å²) in [5.74, 6) is 0.357. The van der Waals surface area contributed by atoms with Gasteiger partial charge in [-0.05, 0) is 18.2 Å². The van der Waals surface area contributed by atoms with Crippen LogP contribution in [0.1, 0.15) is 0 Å². The first-order valence-electron chi connectivity index (χ1n) is 4.23. The van der Waals surface area contributed by atoms with Crippen LogP contribution in [0.4, 0.5) is 10.7 Å². The number of anilines is 1. The molecule has 0 aliphatic carbocycles. The number of H-pyrrole nitrogens is 1. The third kappa shape index (κ3) is 2.04. The molecule has 1 heterocycles. The number of nitrogens with one attached hydrogen (secondary N) is 2. The second kappa shape index (κ2) is 3.82. The molecule has 0 aliphatic rings. The van der Waals surface area contributed by atoms with E-state index in [-0.39, 0.29) is 0 Å². The van der Waals surface area contributed by atoms with Crippen LogP contribution in [0.25, 0.3) is 11.0 Å². The van der Waals surface area contributed by atoms with Crippen LogP contribution in [-0.2, 0) is 4.74 Å². The highest BCUT2D eigenvalue weighted by Crippen LogP contribution is 2.17. The molecule has 0 fully saturated rings. The molecule has 78 valence electrons. The molecule has 0 unspecified atom stereocenters. The van der Waals surface area contributed by atoms with Crippen molar-refractivity contribution in [2.45, 2.75) is 4.90 Å². The van der Waals surface area contributed by atoms with Crippen LogP contribution < -0.4 is 5.32 Å². The Kier molecular flexibility index (Phi) is 2.51. The Morgan fingerprint density at radius 3 is 3.13 bits per heavy atom. The van der Waals surface area contributed by atoms with Crippen LogP contribution >= 0.6 is 12.6 Å². The van der Waals surface area contributed by atoms with Crippen LogP contribution in [0.5, 0.6) is 0 Å². The highest BCUT2D eigenvalue weighted by atomic mass is 32.1. The molecule has 6 heteroatoms. The molecule has 2 rings (SSSR count). The Labute approximate surface area is 91.3 Å². The molecule has 2 N–H and O–H groups in total. The van der Waals surface area contributed by atoms with Gasteiger partial charge in [-0.2, -0.15) is 0 Å². The van der Waals surface area contributed by atoms with Crippen LogP contribution in [0.2, 0.25) is 0 Å². The fraction of sp³-hybridized carbons (Fsp3) is 0.111. The number of rotatable bonds is 1. The Morgan fingerprint density at radius 1 is 1.60 bits per heavy atom. The van der Waals surface area contributed by atoms with Crippen molar-refractivity contribution in [2.24, 2.45) is 0 Å². The van der Waals surface area contributed by atoms with Crippen molar-refractivity contribution < 1.29 is 9.53 Å². The molecule has 0 radical (unpaired) electrons. The molecule has 1 aromatic carbocycles. The van der Waals surface area contributed by atoms with Crippen LogP contribution in [0.3, 0.4) is 0 Å². The van der Waals surface area contributed by atoms with Gasteiger partial charge in [-0.25, -0.2) is 9.78 Å². The van der Waals surface area contributed by atoms with Crippen molar-refractivity contribution in [3.05, 3.63) is 18.2 Å². The number of aromatic nitrogens is 2. The van der Waals surface area contributed by atoms with E-state index >= 15 is 0 Å². The Balaban J connectivity index is 2.34. The smallest absolute Gasteiger partial charge is 0.413 e. The summed E-state index contributed by atoms with van der Waals surface area (Å²) >= 11 is 4.19. The minimum absolute atomic E-state index is 0.357. The number of ether oxygens (including phenoxy) is 1. The van der Waals surface area contributed by atoms with Gasteiger partial charge in [0, 0.05) is 4.90 Å². The van der Waals surface area contributed by atoms with Crippen LogP contribution in [0, 0.1) is 0 Å². The standard InChI is InChI=1S/C9H9N3O2S/c1-14-9(13)12-8-10-6-3-2-5(15)4-7(6)11-8/h2-4,15H,1H3,(H2,10,11,12,13). The Hall–Kier alpha value is -1.69. The summed E-state index contributed by atoms with van der Waals surface area (Å²) in [6, 6.07) is 5.48. The van der Waals surface area contributed by atoms with Gasteiger partial charge in [-0.15, -0.1) is 12.6 Å². The molecule has 1 amide bonds. The minimum Gasteiger partial charge on any atom is -0.453 e. The van der Waals surface area contributed by atoms with Gasteiger partial charge in [0.1, 0.15) is 0 Å². The topological polar surface area (TPSA) is 67.0 Å². The number of nitrogens with zero attached hydrogens (tertiary/aromatic N) is 1. The first-order chi connectivity index (χ1) is 7.19. The Morgan fingerprint density at radius 2 is 2.40 bits per heavy atom. The van der Waals surface area contributed by atoms with E-state index in [1.165, 1.54) is 7.11 Å². The number of hydrogen-bond acceptors (Lipinski definition) is 4. The van der Waals surface area contributed by atoms with Crippen molar-refractivity contribution in [1.29, 1.82) is 0 Å². The molecule has 5 nitrogen and oxygen atoms in total. The maximum Gasteiger partial charge on any atom is 0.413 e. The van der Waals surface area contributed by atoms with E-state index in [2.05, 4.69) is 32.7 Å². The number of thiol groups is 1. The second-order valence-electron chi connectivity index (χ2n) is 2.90. The lowest BCUT2D eigenvalue weighted by molar-refractivity contribution is 0.186. The van der Waals surface area contributed by atoms with E-state index in [0.29, 0.717) is 5.95 Å². The highest BCUT2D eigenvalue weighted by molar-refractivity contribution is 7.80. The first-order valence-corrected chi connectivity index (χ1v) is 4.67. The lowest BCUT2D eigenvalue weighted by Crippen LogP contribution is -2.11. The van der Waals surface area contributed by atoms with Crippen molar-refractivity contribution in [3.8, 4) is 0 Å². The van der Waals surface area contributed by atoms with Gasteiger partial charge in [-0.1, -0.05) is 0 Å². The number of imidazole rings is 1. The van der Waals surface area contributed by atoms with Crippen molar-refractivity contribution in [3.63, 3.8) is 0 Å². The molecule has 0 aliphatic heterocycles.